The van der Waals surface area contributed by atoms with Crippen LogP contribution in [0.4, 0.5) is 5.69 Å². The van der Waals surface area contributed by atoms with E-state index in [1.54, 1.807) is 6.07 Å². The number of aryl methyl sites for hydroxylation is 1. The molecule has 0 saturated carbocycles. The number of piperazine rings is 1. The Bertz CT molecular complexity index is 1250. The molecule has 0 spiro atoms. The summed E-state index contributed by atoms with van der Waals surface area (Å²) < 4.78 is 33.5. The van der Waals surface area contributed by atoms with Crippen LogP contribution in [0.25, 0.3) is 11.0 Å². The third-order valence-corrected chi connectivity index (χ3v) is 7.46. The summed E-state index contributed by atoms with van der Waals surface area (Å²) in [5.74, 6) is 0. The van der Waals surface area contributed by atoms with Crippen molar-refractivity contribution in [3.63, 3.8) is 0 Å². The van der Waals surface area contributed by atoms with Gasteiger partial charge in [0.2, 0.25) is 10.0 Å². The van der Waals surface area contributed by atoms with E-state index in [2.05, 4.69) is 45.7 Å². The zero-order valence-electron chi connectivity index (χ0n) is 18.5. The molecule has 1 atom stereocenters. The first kappa shape index (κ1) is 22.5. The van der Waals surface area contributed by atoms with E-state index >= 15 is 0 Å². The highest BCUT2D eigenvalue weighted by Crippen LogP contribution is 2.19. The van der Waals surface area contributed by atoms with Gasteiger partial charge < -0.3 is 9.32 Å². The third-order valence-electron chi connectivity index (χ3n) is 5.87. The Labute approximate surface area is 188 Å². The van der Waals surface area contributed by atoms with Crippen molar-refractivity contribution < 1.29 is 12.8 Å². The molecule has 1 fully saturated rings. The first-order chi connectivity index (χ1) is 15.3. The number of rotatable bonds is 7. The Morgan fingerprint density at radius 1 is 1.03 bits per heavy atom. The maximum absolute atomic E-state index is 12.8. The van der Waals surface area contributed by atoms with Gasteiger partial charge in [0.05, 0.1) is 4.90 Å². The summed E-state index contributed by atoms with van der Waals surface area (Å²) >= 11 is 0. The van der Waals surface area contributed by atoms with Crippen molar-refractivity contribution in [2.75, 3.05) is 37.6 Å². The molecule has 1 aliphatic heterocycles. The minimum absolute atomic E-state index is 0.164. The maximum atomic E-state index is 12.8. The lowest BCUT2D eigenvalue weighted by atomic mass is 10.2. The number of nitrogens with zero attached hydrogens (tertiary/aromatic N) is 2. The normalized spacial score (nSPS) is 16.4. The predicted octanol–water partition coefficient (Wildman–Crippen LogP) is 2.98. The van der Waals surface area contributed by atoms with Gasteiger partial charge >= 0.3 is 5.63 Å². The van der Waals surface area contributed by atoms with E-state index in [9.17, 15) is 13.2 Å². The van der Waals surface area contributed by atoms with Crippen molar-refractivity contribution in [1.82, 2.24) is 9.62 Å². The van der Waals surface area contributed by atoms with Gasteiger partial charge in [0.1, 0.15) is 5.58 Å². The lowest BCUT2D eigenvalue weighted by Gasteiger charge is -2.36. The molecule has 0 bridgehead atoms. The van der Waals surface area contributed by atoms with Gasteiger partial charge in [-0.1, -0.05) is 12.1 Å². The van der Waals surface area contributed by atoms with Crippen LogP contribution >= 0.6 is 0 Å². The summed E-state index contributed by atoms with van der Waals surface area (Å²) in [4.78, 5) is 16.3. The van der Waals surface area contributed by atoms with Crippen molar-refractivity contribution in [2.45, 2.75) is 31.2 Å². The second kappa shape index (κ2) is 9.44. The van der Waals surface area contributed by atoms with Gasteiger partial charge in [-0.05, 0) is 68.8 Å². The molecule has 4 rings (SSSR count). The summed E-state index contributed by atoms with van der Waals surface area (Å²) in [7, 11) is -3.66. The molecule has 0 radical (unpaired) electrons. The van der Waals surface area contributed by atoms with E-state index in [0.29, 0.717) is 11.0 Å². The highest BCUT2D eigenvalue weighted by molar-refractivity contribution is 7.89. The van der Waals surface area contributed by atoms with Crippen molar-refractivity contribution in [2.24, 2.45) is 0 Å². The van der Waals surface area contributed by atoms with Crippen LogP contribution in [0, 0.1) is 6.92 Å². The first-order valence-corrected chi connectivity index (χ1v) is 12.4. The molecule has 1 saturated heterocycles. The van der Waals surface area contributed by atoms with E-state index in [0.717, 1.165) is 39.1 Å². The average Bonchev–Trinajstić information content (AvgIpc) is 2.77. The van der Waals surface area contributed by atoms with Crippen LogP contribution in [-0.2, 0) is 10.0 Å². The summed E-state index contributed by atoms with van der Waals surface area (Å²) in [5.41, 5.74) is 2.44. The summed E-state index contributed by atoms with van der Waals surface area (Å²) in [5, 5.41) is 0.576. The Kier molecular flexibility index (Phi) is 6.64. The number of hydrogen-bond acceptors (Lipinski definition) is 6. The minimum Gasteiger partial charge on any atom is -0.423 e. The molecule has 8 heteroatoms. The Hall–Kier alpha value is -2.68. The molecule has 1 unspecified atom stereocenters. The summed E-state index contributed by atoms with van der Waals surface area (Å²) in [6, 6.07) is 15.7. The second-order valence-electron chi connectivity index (χ2n) is 8.43. The molecular weight excluding hydrogens is 426 g/mol. The summed E-state index contributed by atoms with van der Waals surface area (Å²) in [6.07, 6.45) is 0.728. The van der Waals surface area contributed by atoms with Gasteiger partial charge in [0.15, 0.2) is 0 Å². The number of benzene rings is 2. The van der Waals surface area contributed by atoms with Gasteiger partial charge in [-0.2, -0.15) is 0 Å². The Morgan fingerprint density at radius 3 is 2.56 bits per heavy atom. The van der Waals surface area contributed by atoms with E-state index in [1.807, 2.05) is 6.92 Å². The number of sulfonamides is 1. The van der Waals surface area contributed by atoms with Gasteiger partial charge in [-0.3, -0.25) is 4.90 Å². The van der Waals surface area contributed by atoms with Gasteiger partial charge in [0.25, 0.3) is 0 Å². The largest absolute Gasteiger partial charge is 0.423 e. The van der Waals surface area contributed by atoms with E-state index in [1.165, 1.54) is 35.5 Å². The number of fused-ring (bicyclic) bond motifs is 1. The molecule has 170 valence electrons. The zero-order chi connectivity index (χ0) is 22.7. The predicted molar refractivity (Wildman–Crippen MR) is 127 cm³/mol. The first-order valence-electron chi connectivity index (χ1n) is 10.9. The van der Waals surface area contributed by atoms with Crippen LogP contribution in [0.1, 0.15) is 18.9 Å². The average molecular weight is 456 g/mol. The van der Waals surface area contributed by atoms with Gasteiger partial charge in [-0.15, -0.1) is 0 Å². The van der Waals surface area contributed by atoms with E-state index in [4.69, 9.17) is 4.42 Å². The molecule has 3 aromatic rings. The lowest BCUT2D eigenvalue weighted by Crippen LogP contribution is -2.47. The molecule has 1 aliphatic rings. The number of hydrogen-bond donors (Lipinski definition) is 1. The van der Waals surface area contributed by atoms with Crippen LogP contribution in [0.15, 0.2) is 68.7 Å². The Balaban J connectivity index is 1.29. The zero-order valence-corrected chi connectivity index (χ0v) is 19.3. The van der Waals surface area contributed by atoms with Crippen molar-refractivity contribution >= 4 is 26.7 Å². The van der Waals surface area contributed by atoms with Crippen LogP contribution in [0.3, 0.4) is 0 Å². The van der Waals surface area contributed by atoms with Crippen LogP contribution < -0.4 is 15.2 Å². The monoisotopic (exact) mass is 455 g/mol. The fourth-order valence-corrected chi connectivity index (χ4v) is 5.35. The quantitative estimate of drug-likeness (QED) is 0.552. The number of nitrogens with one attached hydrogen (secondary N) is 1. The van der Waals surface area contributed by atoms with Crippen molar-refractivity contribution in [1.29, 1.82) is 0 Å². The molecule has 2 heterocycles. The SMILES string of the molecule is Cc1cccc(N2CCN(CCC(C)NS(=O)(=O)c3ccc4oc(=O)ccc4c3)CC2)c1. The molecule has 1 N–H and O–H groups in total. The van der Waals surface area contributed by atoms with Gasteiger partial charge in [-0.25, -0.2) is 17.9 Å². The number of anilines is 1. The maximum Gasteiger partial charge on any atom is 0.336 e. The highest BCUT2D eigenvalue weighted by Gasteiger charge is 2.21. The van der Waals surface area contributed by atoms with Crippen molar-refractivity contribution in [3.8, 4) is 0 Å². The minimum atomic E-state index is -3.66. The highest BCUT2D eigenvalue weighted by atomic mass is 32.2. The van der Waals surface area contributed by atoms with E-state index in [-0.39, 0.29) is 10.9 Å². The molecule has 1 aromatic heterocycles. The fraction of sp³-hybridized carbons (Fsp3) is 0.375. The Morgan fingerprint density at radius 2 is 1.81 bits per heavy atom. The second-order valence-corrected chi connectivity index (χ2v) is 10.1. The fourth-order valence-electron chi connectivity index (χ4n) is 4.04. The standard InChI is InChI=1S/C24H29N3O4S/c1-18-4-3-5-21(16-18)27-14-12-26(13-15-27)11-10-19(2)25-32(29,30)22-7-8-23-20(17-22)6-9-24(28)31-23/h3-9,16-17,19,25H,10-15H2,1-2H3. The summed E-state index contributed by atoms with van der Waals surface area (Å²) in [6.45, 7) is 8.70. The van der Waals surface area contributed by atoms with Gasteiger partial charge in [0, 0.05) is 49.4 Å². The molecule has 0 aliphatic carbocycles. The molecule has 7 nitrogen and oxygen atoms in total. The molecule has 0 amide bonds. The van der Waals surface area contributed by atoms with Crippen LogP contribution in [-0.4, -0.2) is 52.1 Å². The topological polar surface area (TPSA) is 82.9 Å². The lowest BCUT2D eigenvalue weighted by molar-refractivity contribution is 0.248. The molecule has 32 heavy (non-hydrogen) atoms. The third kappa shape index (κ3) is 5.38. The van der Waals surface area contributed by atoms with Crippen LogP contribution in [0.2, 0.25) is 0 Å². The molecule has 2 aromatic carbocycles. The van der Waals surface area contributed by atoms with E-state index < -0.39 is 15.6 Å². The molecular formula is C24H29N3O4S. The van der Waals surface area contributed by atoms with Crippen LogP contribution in [0.5, 0.6) is 0 Å². The van der Waals surface area contributed by atoms with Crippen molar-refractivity contribution in [3.05, 3.63) is 70.6 Å². The smallest absolute Gasteiger partial charge is 0.336 e.